The van der Waals surface area contributed by atoms with Crippen LogP contribution in [0, 0.1) is 15.9 Å². The van der Waals surface area contributed by atoms with Crippen molar-refractivity contribution in [1.82, 2.24) is 4.57 Å². The summed E-state index contributed by atoms with van der Waals surface area (Å²) in [6, 6.07) is 14.1. The van der Waals surface area contributed by atoms with Gasteiger partial charge in [0.25, 0.3) is 11.2 Å². The van der Waals surface area contributed by atoms with Crippen LogP contribution in [0.4, 0.5) is 10.1 Å². The van der Waals surface area contributed by atoms with Crippen LogP contribution in [0.2, 0.25) is 0 Å². The van der Waals surface area contributed by atoms with Crippen molar-refractivity contribution in [3.05, 3.63) is 119 Å². The van der Waals surface area contributed by atoms with E-state index in [9.17, 15) is 24.1 Å². The van der Waals surface area contributed by atoms with E-state index < -0.39 is 28.3 Å². The van der Waals surface area contributed by atoms with Crippen LogP contribution >= 0.6 is 11.3 Å². The van der Waals surface area contributed by atoms with Gasteiger partial charge in [0.05, 0.1) is 33.4 Å². The summed E-state index contributed by atoms with van der Waals surface area (Å²) in [6.45, 7) is 3.50. The van der Waals surface area contributed by atoms with E-state index in [-0.39, 0.29) is 17.9 Å². The average molecular weight is 534 g/mol. The Labute approximate surface area is 218 Å². The Morgan fingerprint density at radius 2 is 1.89 bits per heavy atom. The second-order valence-corrected chi connectivity index (χ2v) is 9.37. The van der Waals surface area contributed by atoms with Gasteiger partial charge in [0, 0.05) is 23.8 Å². The molecule has 0 amide bonds. The van der Waals surface area contributed by atoms with Crippen molar-refractivity contribution in [2.45, 2.75) is 19.9 Å². The predicted octanol–water partition coefficient (Wildman–Crippen LogP) is 4.11. The van der Waals surface area contributed by atoms with Crippen LogP contribution in [0.5, 0.6) is 0 Å². The van der Waals surface area contributed by atoms with E-state index in [1.54, 1.807) is 44.2 Å². The van der Waals surface area contributed by atoms with Gasteiger partial charge in [-0.2, -0.15) is 0 Å². The molecule has 2 aromatic heterocycles. The molecule has 0 N–H and O–H groups in total. The summed E-state index contributed by atoms with van der Waals surface area (Å²) < 4.78 is 26.5. The number of allylic oxidation sites excluding steroid dienone is 1. The van der Waals surface area contributed by atoms with Crippen molar-refractivity contribution in [2.24, 2.45) is 4.99 Å². The van der Waals surface area contributed by atoms with Gasteiger partial charge in [-0.05, 0) is 55.8 Å². The van der Waals surface area contributed by atoms with Crippen LogP contribution in [0.3, 0.4) is 0 Å². The molecular formula is C27H20FN3O6S. The Bertz CT molecular complexity index is 1760. The number of aromatic nitrogens is 1. The Kier molecular flexibility index (Phi) is 6.60. The fraction of sp³-hybridized carbons (Fsp3) is 0.148. The minimum atomic E-state index is -0.847. The lowest BCUT2D eigenvalue weighted by Gasteiger charge is -2.24. The summed E-state index contributed by atoms with van der Waals surface area (Å²) in [7, 11) is 0. The number of carbonyl (C=O) groups excluding carboxylic acids is 1. The molecule has 0 saturated heterocycles. The maximum absolute atomic E-state index is 13.7. The molecule has 1 atom stereocenters. The third kappa shape index (κ3) is 4.59. The molecule has 192 valence electrons. The van der Waals surface area contributed by atoms with Gasteiger partial charge in [0.2, 0.25) is 0 Å². The Balaban J connectivity index is 1.59. The fourth-order valence-corrected chi connectivity index (χ4v) is 5.24. The minimum Gasteiger partial charge on any atom is -0.463 e. The van der Waals surface area contributed by atoms with Gasteiger partial charge in [0.15, 0.2) is 4.80 Å². The molecule has 38 heavy (non-hydrogen) atoms. The smallest absolute Gasteiger partial charge is 0.338 e. The number of hydrogen-bond donors (Lipinski definition) is 0. The van der Waals surface area contributed by atoms with Crippen molar-refractivity contribution in [3.8, 4) is 11.3 Å². The topological polar surface area (TPSA) is 117 Å². The van der Waals surface area contributed by atoms with E-state index in [4.69, 9.17) is 9.15 Å². The van der Waals surface area contributed by atoms with Gasteiger partial charge in [-0.15, -0.1) is 0 Å². The summed E-state index contributed by atoms with van der Waals surface area (Å²) in [6.07, 6.45) is 1.57. The Morgan fingerprint density at radius 3 is 2.55 bits per heavy atom. The summed E-state index contributed by atoms with van der Waals surface area (Å²) in [5, 5.41) is 10.9. The number of halogens is 1. The number of esters is 1. The second-order valence-electron chi connectivity index (χ2n) is 8.36. The highest BCUT2D eigenvalue weighted by molar-refractivity contribution is 7.07. The molecule has 0 aliphatic carbocycles. The highest BCUT2D eigenvalue weighted by Gasteiger charge is 2.33. The van der Waals surface area contributed by atoms with Crippen LogP contribution in [0.1, 0.15) is 31.2 Å². The van der Waals surface area contributed by atoms with Gasteiger partial charge in [-0.1, -0.05) is 23.5 Å². The van der Waals surface area contributed by atoms with E-state index in [2.05, 4.69) is 4.99 Å². The molecule has 1 aliphatic rings. The number of non-ortho nitro benzene ring substituents is 1. The van der Waals surface area contributed by atoms with E-state index in [0.717, 1.165) is 11.3 Å². The number of ether oxygens (including phenoxy) is 1. The number of nitro benzene ring substituents is 1. The van der Waals surface area contributed by atoms with Crippen molar-refractivity contribution in [2.75, 3.05) is 6.61 Å². The van der Waals surface area contributed by atoms with E-state index in [1.165, 1.54) is 41.0 Å². The molecular weight excluding hydrogens is 513 g/mol. The number of thiazole rings is 1. The SMILES string of the molecule is CCOC(=O)C1=C(C)N=c2s/c(=C\c3ccc(-c4ccc([N+](=O)[O-])cc4)o3)c(=O)n2C1c1ccc(F)cc1. The Hall–Kier alpha value is -4.64. The molecule has 0 radical (unpaired) electrons. The lowest BCUT2D eigenvalue weighted by atomic mass is 9.96. The van der Waals surface area contributed by atoms with Gasteiger partial charge in [-0.25, -0.2) is 14.2 Å². The summed E-state index contributed by atoms with van der Waals surface area (Å²) in [5.74, 6) is -0.177. The summed E-state index contributed by atoms with van der Waals surface area (Å²) in [4.78, 5) is 41.8. The lowest BCUT2D eigenvalue weighted by Crippen LogP contribution is -2.39. The third-order valence-electron chi connectivity index (χ3n) is 5.97. The fourth-order valence-electron chi connectivity index (χ4n) is 4.21. The normalized spacial score (nSPS) is 15.2. The molecule has 2 aromatic carbocycles. The molecule has 4 aromatic rings. The third-order valence-corrected chi connectivity index (χ3v) is 6.95. The van der Waals surface area contributed by atoms with Gasteiger partial charge in [0.1, 0.15) is 17.3 Å². The monoisotopic (exact) mass is 533 g/mol. The minimum absolute atomic E-state index is 0.0326. The van der Waals surface area contributed by atoms with E-state index in [1.807, 2.05) is 0 Å². The molecule has 5 rings (SSSR count). The number of benzene rings is 2. The first-order chi connectivity index (χ1) is 18.3. The van der Waals surface area contributed by atoms with Crippen LogP contribution in [-0.2, 0) is 9.53 Å². The first-order valence-electron chi connectivity index (χ1n) is 11.6. The van der Waals surface area contributed by atoms with Gasteiger partial charge >= 0.3 is 5.97 Å². The van der Waals surface area contributed by atoms with Crippen molar-refractivity contribution >= 4 is 29.1 Å². The van der Waals surface area contributed by atoms with Crippen LogP contribution in [-0.4, -0.2) is 22.1 Å². The second kappa shape index (κ2) is 10.0. The molecule has 3 heterocycles. The maximum Gasteiger partial charge on any atom is 0.338 e. The first-order valence-corrected chi connectivity index (χ1v) is 12.4. The number of nitro groups is 1. The van der Waals surface area contributed by atoms with Crippen LogP contribution in [0.15, 0.2) is 86.1 Å². The molecule has 0 bridgehead atoms. The van der Waals surface area contributed by atoms with E-state index >= 15 is 0 Å². The van der Waals surface area contributed by atoms with Gasteiger partial charge in [-0.3, -0.25) is 19.5 Å². The standard InChI is InChI=1S/C27H20FN3O6S/c1-3-36-26(33)23-15(2)29-27-30(24(23)17-4-8-18(28)9-5-17)25(32)22(38-27)14-20-12-13-21(37-20)16-6-10-19(11-7-16)31(34)35/h4-14,24H,3H2,1-2H3/b22-14-. The molecule has 9 nitrogen and oxygen atoms in total. The molecule has 0 spiro atoms. The van der Waals surface area contributed by atoms with Crippen molar-refractivity contribution in [1.29, 1.82) is 0 Å². The molecule has 1 aliphatic heterocycles. The number of carbonyl (C=O) groups is 1. The van der Waals surface area contributed by atoms with E-state index in [0.29, 0.717) is 37.7 Å². The number of fused-ring (bicyclic) bond motifs is 1. The van der Waals surface area contributed by atoms with Gasteiger partial charge < -0.3 is 9.15 Å². The Morgan fingerprint density at radius 1 is 1.18 bits per heavy atom. The predicted molar refractivity (Wildman–Crippen MR) is 138 cm³/mol. The largest absolute Gasteiger partial charge is 0.463 e. The zero-order chi connectivity index (χ0) is 27.0. The summed E-state index contributed by atoms with van der Waals surface area (Å²) in [5.41, 5.74) is 1.36. The first kappa shape index (κ1) is 25.0. The average Bonchev–Trinajstić information content (AvgIpc) is 3.48. The number of nitrogens with zero attached hydrogens (tertiary/aromatic N) is 3. The molecule has 11 heteroatoms. The quantitative estimate of drug-likeness (QED) is 0.209. The highest BCUT2D eigenvalue weighted by Crippen LogP contribution is 2.31. The number of furan rings is 1. The molecule has 0 saturated carbocycles. The lowest BCUT2D eigenvalue weighted by molar-refractivity contribution is -0.384. The number of rotatable bonds is 6. The molecule has 1 unspecified atom stereocenters. The number of hydrogen-bond acceptors (Lipinski definition) is 8. The maximum atomic E-state index is 13.7. The molecule has 0 fully saturated rings. The summed E-state index contributed by atoms with van der Waals surface area (Å²) >= 11 is 1.13. The van der Waals surface area contributed by atoms with Crippen molar-refractivity contribution < 1.29 is 23.3 Å². The highest BCUT2D eigenvalue weighted by atomic mass is 32.1. The van der Waals surface area contributed by atoms with Crippen LogP contribution in [0.25, 0.3) is 17.4 Å². The zero-order valence-corrected chi connectivity index (χ0v) is 21.0. The van der Waals surface area contributed by atoms with Crippen molar-refractivity contribution in [3.63, 3.8) is 0 Å². The zero-order valence-electron chi connectivity index (χ0n) is 20.2. The van der Waals surface area contributed by atoms with Crippen LogP contribution < -0.4 is 14.9 Å².